The number of hydrogen-bond acceptors (Lipinski definition) is 3. The second-order valence-electron chi connectivity index (χ2n) is 6.24. The maximum Gasteiger partial charge on any atom is 1.00 e. The van der Waals surface area contributed by atoms with Crippen molar-refractivity contribution in [3.8, 4) is 5.75 Å². The summed E-state index contributed by atoms with van der Waals surface area (Å²) in [6, 6.07) is 13.3. The summed E-state index contributed by atoms with van der Waals surface area (Å²) in [6.45, 7) is 4.97. The molecule has 0 aliphatic carbocycles. The number of benzene rings is 2. The van der Waals surface area contributed by atoms with Crippen LogP contribution in [0.4, 0.5) is 4.39 Å². The molecule has 0 saturated carbocycles. The van der Waals surface area contributed by atoms with Crippen molar-refractivity contribution in [2.75, 3.05) is 6.61 Å². The van der Waals surface area contributed by atoms with Crippen LogP contribution in [0.3, 0.4) is 0 Å². The Morgan fingerprint density at radius 3 is 1.96 bits per heavy atom. The van der Waals surface area contributed by atoms with Gasteiger partial charge in [-0.1, -0.05) is 51.0 Å². The van der Waals surface area contributed by atoms with Crippen molar-refractivity contribution in [1.29, 1.82) is 0 Å². The van der Waals surface area contributed by atoms with Crippen LogP contribution >= 0.6 is 0 Å². The zero-order valence-electron chi connectivity index (χ0n) is 15.7. The van der Waals surface area contributed by atoms with Gasteiger partial charge in [-0.3, -0.25) is 0 Å². The number of ether oxygens (including phenoxy) is 1. The van der Waals surface area contributed by atoms with Gasteiger partial charge in [-0.25, -0.2) is 4.39 Å². The Hall–Kier alpha value is -1.36. The first-order chi connectivity index (χ1) is 12.0. The first-order valence-electron chi connectivity index (χ1n) is 8.71. The average Bonchev–Trinajstić information content (AvgIpc) is 2.62. The van der Waals surface area contributed by atoms with Gasteiger partial charge < -0.3 is 14.6 Å². The number of hydrogen-bond donors (Lipinski definition) is 0. The molecule has 0 N–H and O–H groups in total. The number of halogens is 1. The van der Waals surface area contributed by atoms with E-state index in [2.05, 4.69) is 13.8 Å². The molecule has 26 heavy (non-hydrogen) atoms. The van der Waals surface area contributed by atoms with Crippen LogP contribution in [0.2, 0.25) is 0 Å². The number of carboxylic acids is 1. The van der Waals surface area contributed by atoms with Crippen LogP contribution in [0.1, 0.15) is 50.2 Å². The largest absolute Gasteiger partial charge is 1.00 e. The zero-order valence-corrected chi connectivity index (χ0v) is 17.7. The summed E-state index contributed by atoms with van der Waals surface area (Å²) in [5, 5.41) is 11.1. The van der Waals surface area contributed by atoms with Crippen molar-refractivity contribution in [3.05, 3.63) is 65.5 Å². The summed E-state index contributed by atoms with van der Waals surface area (Å²) >= 11 is 0. The molecule has 0 radical (unpaired) electrons. The molecule has 3 nitrogen and oxygen atoms in total. The van der Waals surface area contributed by atoms with E-state index in [1.54, 1.807) is 12.1 Å². The minimum absolute atomic E-state index is 0. The first kappa shape index (κ1) is 22.7. The molecule has 0 aliphatic heterocycles. The fourth-order valence-corrected chi connectivity index (χ4v) is 2.82. The summed E-state index contributed by atoms with van der Waals surface area (Å²) in [5.41, 5.74) is 1.59. The normalized spacial score (nSPS) is 11.7. The molecule has 0 spiro atoms. The predicted octanol–water partition coefficient (Wildman–Crippen LogP) is 0.917. The van der Waals surface area contributed by atoms with Gasteiger partial charge in [0, 0.05) is 11.9 Å². The average molecular weight is 366 g/mol. The molecule has 1 unspecified atom stereocenters. The van der Waals surface area contributed by atoms with Gasteiger partial charge in [0.2, 0.25) is 0 Å². The van der Waals surface area contributed by atoms with Crippen molar-refractivity contribution in [2.24, 2.45) is 5.92 Å². The van der Waals surface area contributed by atoms with Crippen LogP contribution in [0, 0.1) is 11.7 Å². The number of carboxylic acid groups (broad SMARTS) is 1. The quantitative estimate of drug-likeness (QED) is 0.620. The van der Waals surface area contributed by atoms with E-state index in [-0.39, 0.29) is 47.7 Å². The minimum atomic E-state index is -1.14. The van der Waals surface area contributed by atoms with Crippen molar-refractivity contribution in [3.63, 3.8) is 0 Å². The molecule has 0 bridgehead atoms. The topological polar surface area (TPSA) is 49.4 Å². The van der Waals surface area contributed by atoms with Gasteiger partial charge in [-0.2, -0.15) is 0 Å². The summed E-state index contributed by atoms with van der Waals surface area (Å²) < 4.78 is 18.9. The number of rotatable bonds is 9. The molecule has 0 heterocycles. The van der Waals surface area contributed by atoms with Gasteiger partial charge in [-0.15, -0.1) is 0 Å². The molecule has 0 aromatic heterocycles. The Morgan fingerprint density at radius 1 is 1.00 bits per heavy atom. The van der Waals surface area contributed by atoms with E-state index in [4.69, 9.17) is 4.74 Å². The van der Waals surface area contributed by atoms with Gasteiger partial charge in [0.25, 0.3) is 0 Å². The molecular formula is C21H24FNaO3. The van der Waals surface area contributed by atoms with Crippen LogP contribution in [-0.4, -0.2) is 12.6 Å². The molecule has 2 aromatic carbocycles. The monoisotopic (exact) mass is 366 g/mol. The summed E-state index contributed by atoms with van der Waals surface area (Å²) in [6.07, 6.45) is 2.00. The molecule has 2 rings (SSSR count). The Kier molecular flexibility index (Phi) is 9.92. The molecule has 0 aliphatic rings. The van der Waals surface area contributed by atoms with E-state index in [0.717, 1.165) is 29.7 Å². The molecule has 1 atom stereocenters. The second-order valence-corrected chi connectivity index (χ2v) is 6.24. The third-order valence-corrected chi connectivity index (χ3v) is 4.57. The van der Waals surface area contributed by atoms with Crippen molar-refractivity contribution >= 4 is 5.97 Å². The smallest absolute Gasteiger partial charge is 0.550 e. The van der Waals surface area contributed by atoms with E-state index >= 15 is 0 Å². The Labute approximate surface area is 176 Å². The van der Waals surface area contributed by atoms with E-state index in [0.29, 0.717) is 12.5 Å². The third kappa shape index (κ3) is 6.75. The fourth-order valence-electron chi connectivity index (χ4n) is 2.82. The summed E-state index contributed by atoms with van der Waals surface area (Å²) in [5.74, 6) is -0.560. The third-order valence-electron chi connectivity index (χ3n) is 4.57. The minimum Gasteiger partial charge on any atom is -0.550 e. The maximum atomic E-state index is 13.1. The fraction of sp³-hybridized carbons (Fsp3) is 0.381. The van der Waals surface area contributed by atoms with Gasteiger partial charge in [0.1, 0.15) is 11.6 Å². The standard InChI is InChI=1S/C21H25FO3.Na/c1-3-15(4-2)14-25-19-11-7-17(8-12-19)20(13-21(23)24)16-5-9-18(22)10-6-16;/h5-12,15,20H,3-4,13-14H2,1-2H3,(H,23,24);/q;+1/p-1. The number of aliphatic carboxylic acids is 1. The molecular weight excluding hydrogens is 342 g/mol. The SMILES string of the molecule is CCC(CC)COc1ccc(C(CC(=O)[O-])c2ccc(F)cc2)cc1.[Na+]. The Bertz CT molecular complexity index is 667. The Balaban J connectivity index is 0.00000338. The van der Waals surface area contributed by atoms with Crippen LogP contribution in [0.5, 0.6) is 5.75 Å². The molecule has 0 fully saturated rings. The van der Waals surface area contributed by atoms with E-state index in [1.165, 1.54) is 12.1 Å². The predicted molar refractivity (Wildman–Crippen MR) is 93.9 cm³/mol. The van der Waals surface area contributed by atoms with Gasteiger partial charge in [-0.05, 0) is 47.7 Å². The van der Waals surface area contributed by atoms with E-state index < -0.39 is 5.97 Å². The van der Waals surface area contributed by atoms with Gasteiger partial charge in [0.15, 0.2) is 0 Å². The summed E-state index contributed by atoms with van der Waals surface area (Å²) in [4.78, 5) is 11.1. The van der Waals surface area contributed by atoms with Gasteiger partial charge in [0.05, 0.1) is 6.61 Å². The van der Waals surface area contributed by atoms with Crippen molar-refractivity contribution in [2.45, 2.75) is 39.0 Å². The number of carbonyl (C=O) groups is 1. The van der Waals surface area contributed by atoms with Gasteiger partial charge >= 0.3 is 29.6 Å². The second kappa shape index (κ2) is 11.4. The van der Waals surface area contributed by atoms with Crippen molar-refractivity contribution in [1.82, 2.24) is 0 Å². The molecule has 0 amide bonds. The first-order valence-corrected chi connectivity index (χ1v) is 8.71. The van der Waals surface area contributed by atoms with Crippen molar-refractivity contribution < 1.29 is 48.6 Å². The molecule has 2 aromatic rings. The van der Waals surface area contributed by atoms with Crippen LogP contribution in [0.15, 0.2) is 48.5 Å². The Morgan fingerprint density at radius 2 is 1.50 bits per heavy atom. The van der Waals surface area contributed by atoms with E-state index in [1.807, 2.05) is 24.3 Å². The van der Waals surface area contributed by atoms with Crippen LogP contribution in [-0.2, 0) is 4.79 Å². The summed E-state index contributed by atoms with van der Waals surface area (Å²) in [7, 11) is 0. The van der Waals surface area contributed by atoms with Crippen LogP contribution in [0.25, 0.3) is 0 Å². The van der Waals surface area contributed by atoms with Crippen LogP contribution < -0.4 is 39.4 Å². The molecule has 5 heteroatoms. The zero-order chi connectivity index (χ0) is 18.2. The molecule has 0 saturated heterocycles. The maximum absolute atomic E-state index is 13.1. The number of carbonyl (C=O) groups excluding carboxylic acids is 1. The molecule has 134 valence electrons. The van der Waals surface area contributed by atoms with E-state index in [9.17, 15) is 14.3 Å².